The monoisotopic (exact) mass is 344 g/mol. The third kappa shape index (κ3) is 3.06. The lowest BCUT2D eigenvalue weighted by atomic mass is 9.66. The molecule has 2 bridgehead atoms. The number of nitriles is 1. The number of piperidine rings is 2. The Balaban J connectivity index is 1.69. The SMILES string of the molecule is CN1[C@@H]2CCC[C@H]1CC(CC(C#N)(c1ccccc1)c1ccccc1)C2. The first-order valence-electron chi connectivity index (χ1n) is 9.97. The van der Waals surface area contributed by atoms with Crippen molar-refractivity contribution in [2.45, 2.75) is 56.0 Å². The molecule has 0 saturated carbocycles. The fourth-order valence-corrected chi connectivity index (χ4v) is 5.35. The Labute approximate surface area is 157 Å². The molecule has 2 nitrogen and oxygen atoms in total. The van der Waals surface area contributed by atoms with Gasteiger partial charge in [-0.2, -0.15) is 5.26 Å². The van der Waals surface area contributed by atoms with E-state index in [1.807, 2.05) is 12.1 Å². The molecule has 0 amide bonds. The topological polar surface area (TPSA) is 27.0 Å². The number of nitrogens with zero attached hydrogens (tertiary/aromatic N) is 2. The maximum absolute atomic E-state index is 10.4. The van der Waals surface area contributed by atoms with Gasteiger partial charge >= 0.3 is 0 Å². The Morgan fingerprint density at radius 2 is 1.42 bits per heavy atom. The fraction of sp³-hybridized carbons (Fsp3) is 0.458. The summed E-state index contributed by atoms with van der Waals surface area (Å²) in [6.07, 6.45) is 7.40. The lowest BCUT2D eigenvalue weighted by molar-refractivity contribution is 0.0310. The molecule has 0 radical (unpaired) electrons. The second kappa shape index (κ2) is 7.25. The second-order valence-corrected chi connectivity index (χ2v) is 8.19. The van der Waals surface area contributed by atoms with E-state index in [2.05, 4.69) is 66.5 Å². The van der Waals surface area contributed by atoms with Gasteiger partial charge in [-0.25, -0.2) is 0 Å². The van der Waals surface area contributed by atoms with E-state index in [-0.39, 0.29) is 0 Å². The van der Waals surface area contributed by atoms with Crippen LogP contribution in [0.2, 0.25) is 0 Å². The fourth-order valence-electron chi connectivity index (χ4n) is 5.35. The van der Waals surface area contributed by atoms with Crippen molar-refractivity contribution in [3.05, 3.63) is 71.8 Å². The van der Waals surface area contributed by atoms with Crippen molar-refractivity contribution in [1.29, 1.82) is 5.26 Å². The van der Waals surface area contributed by atoms with Crippen molar-refractivity contribution in [3.63, 3.8) is 0 Å². The standard InChI is InChI=1S/C24H28N2/c1-26-22-13-8-14-23(26)16-19(15-22)17-24(18-25,20-9-4-2-5-10-20)21-11-6-3-7-12-21/h2-7,9-12,19,22-23H,8,13-17H2,1H3/t19?,22-,23+. The van der Waals surface area contributed by atoms with E-state index in [1.54, 1.807) is 0 Å². The predicted octanol–water partition coefficient (Wildman–Crippen LogP) is 5.15. The summed E-state index contributed by atoms with van der Waals surface area (Å²) in [6.45, 7) is 0. The van der Waals surface area contributed by atoms with Gasteiger partial charge in [-0.3, -0.25) is 0 Å². The Bertz CT molecular complexity index is 708. The van der Waals surface area contributed by atoms with Crippen LogP contribution in [0.15, 0.2) is 60.7 Å². The number of rotatable bonds is 4. The van der Waals surface area contributed by atoms with Crippen LogP contribution < -0.4 is 0 Å². The van der Waals surface area contributed by atoms with Crippen LogP contribution >= 0.6 is 0 Å². The highest BCUT2D eigenvalue weighted by atomic mass is 15.2. The molecule has 2 saturated heterocycles. The molecule has 2 heteroatoms. The molecule has 2 aromatic rings. The van der Waals surface area contributed by atoms with Crippen molar-refractivity contribution >= 4 is 0 Å². The molecule has 0 spiro atoms. The summed E-state index contributed by atoms with van der Waals surface area (Å²) < 4.78 is 0. The minimum Gasteiger partial charge on any atom is -0.300 e. The molecule has 26 heavy (non-hydrogen) atoms. The molecule has 2 fully saturated rings. The summed E-state index contributed by atoms with van der Waals surface area (Å²) in [5, 5.41) is 10.4. The average molecular weight is 345 g/mol. The zero-order valence-corrected chi connectivity index (χ0v) is 15.6. The van der Waals surface area contributed by atoms with E-state index in [0.29, 0.717) is 18.0 Å². The number of benzene rings is 2. The predicted molar refractivity (Wildman–Crippen MR) is 106 cm³/mol. The van der Waals surface area contributed by atoms with Gasteiger partial charge in [-0.1, -0.05) is 67.1 Å². The molecule has 0 aromatic heterocycles. The largest absolute Gasteiger partial charge is 0.300 e. The summed E-state index contributed by atoms with van der Waals surface area (Å²) in [7, 11) is 2.30. The van der Waals surface area contributed by atoms with Crippen LogP contribution in [0, 0.1) is 17.2 Å². The van der Waals surface area contributed by atoms with E-state index in [1.165, 1.54) is 32.1 Å². The molecule has 3 atom stereocenters. The van der Waals surface area contributed by atoms with E-state index in [4.69, 9.17) is 0 Å². The maximum Gasteiger partial charge on any atom is 0.107 e. The molecule has 2 heterocycles. The van der Waals surface area contributed by atoms with Gasteiger partial charge in [0, 0.05) is 12.1 Å². The quantitative estimate of drug-likeness (QED) is 0.767. The van der Waals surface area contributed by atoms with Crippen LogP contribution in [-0.2, 0) is 5.41 Å². The van der Waals surface area contributed by atoms with Crippen LogP contribution in [0.5, 0.6) is 0 Å². The van der Waals surface area contributed by atoms with Crippen molar-refractivity contribution in [2.24, 2.45) is 5.92 Å². The van der Waals surface area contributed by atoms with Crippen LogP contribution in [0.4, 0.5) is 0 Å². The number of fused-ring (bicyclic) bond motifs is 2. The van der Waals surface area contributed by atoms with Crippen molar-refractivity contribution in [1.82, 2.24) is 4.90 Å². The molecule has 2 aromatic carbocycles. The molecule has 134 valence electrons. The van der Waals surface area contributed by atoms with E-state index >= 15 is 0 Å². The minimum absolute atomic E-state index is 0.544. The van der Waals surface area contributed by atoms with Gasteiger partial charge in [0.2, 0.25) is 0 Å². The summed E-state index contributed by atoms with van der Waals surface area (Å²) >= 11 is 0. The molecular weight excluding hydrogens is 316 g/mol. The van der Waals surface area contributed by atoms with Crippen LogP contribution in [0.25, 0.3) is 0 Å². The molecule has 0 aliphatic carbocycles. The van der Waals surface area contributed by atoms with Gasteiger partial charge in [0.05, 0.1) is 6.07 Å². The Hall–Kier alpha value is -2.11. The van der Waals surface area contributed by atoms with E-state index < -0.39 is 5.41 Å². The highest BCUT2D eigenvalue weighted by Crippen LogP contribution is 2.44. The lowest BCUT2D eigenvalue weighted by Gasteiger charge is -2.48. The smallest absolute Gasteiger partial charge is 0.107 e. The summed E-state index contributed by atoms with van der Waals surface area (Å²) in [5.74, 6) is 0.613. The second-order valence-electron chi connectivity index (χ2n) is 8.19. The number of hydrogen-bond acceptors (Lipinski definition) is 2. The van der Waals surface area contributed by atoms with Crippen molar-refractivity contribution in [3.8, 4) is 6.07 Å². The number of hydrogen-bond donors (Lipinski definition) is 0. The minimum atomic E-state index is -0.544. The lowest BCUT2D eigenvalue weighted by Crippen LogP contribution is -2.50. The molecule has 4 rings (SSSR count). The molecule has 1 unspecified atom stereocenters. The first-order valence-corrected chi connectivity index (χ1v) is 9.97. The Morgan fingerprint density at radius 1 is 0.923 bits per heavy atom. The Morgan fingerprint density at radius 3 is 1.88 bits per heavy atom. The zero-order valence-electron chi connectivity index (χ0n) is 15.6. The average Bonchev–Trinajstić information content (AvgIpc) is 2.68. The van der Waals surface area contributed by atoms with Crippen molar-refractivity contribution < 1.29 is 0 Å². The highest BCUT2D eigenvalue weighted by molar-refractivity contribution is 5.45. The Kier molecular flexibility index (Phi) is 4.83. The third-order valence-corrected chi connectivity index (χ3v) is 6.76. The normalized spacial score (nSPS) is 26.2. The third-order valence-electron chi connectivity index (χ3n) is 6.76. The highest BCUT2D eigenvalue weighted by Gasteiger charge is 2.42. The summed E-state index contributed by atoms with van der Waals surface area (Å²) in [6, 6.07) is 25.0. The molecular formula is C24H28N2. The van der Waals surface area contributed by atoms with Crippen LogP contribution in [0.3, 0.4) is 0 Å². The van der Waals surface area contributed by atoms with Gasteiger partial charge < -0.3 is 4.90 Å². The molecule has 2 aliphatic heterocycles. The van der Waals surface area contributed by atoms with E-state index in [0.717, 1.165) is 17.5 Å². The summed E-state index contributed by atoms with van der Waals surface area (Å²) in [5.41, 5.74) is 1.73. The van der Waals surface area contributed by atoms with Gasteiger partial charge in [0.25, 0.3) is 0 Å². The first-order chi connectivity index (χ1) is 12.7. The zero-order chi connectivity index (χ0) is 18.0. The maximum atomic E-state index is 10.4. The van der Waals surface area contributed by atoms with Gasteiger partial charge in [0.15, 0.2) is 0 Å². The van der Waals surface area contributed by atoms with E-state index in [9.17, 15) is 5.26 Å². The molecule has 2 aliphatic rings. The van der Waals surface area contributed by atoms with Gasteiger partial charge in [0.1, 0.15) is 5.41 Å². The van der Waals surface area contributed by atoms with Crippen LogP contribution in [0.1, 0.15) is 49.7 Å². The van der Waals surface area contributed by atoms with Gasteiger partial charge in [-0.15, -0.1) is 0 Å². The van der Waals surface area contributed by atoms with Crippen molar-refractivity contribution in [2.75, 3.05) is 7.05 Å². The van der Waals surface area contributed by atoms with Crippen LogP contribution in [-0.4, -0.2) is 24.0 Å². The first kappa shape index (κ1) is 17.3. The molecule has 0 N–H and O–H groups in total. The summed E-state index contributed by atoms with van der Waals surface area (Å²) in [4.78, 5) is 2.61. The van der Waals surface area contributed by atoms with Gasteiger partial charge in [-0.05, 0) is 56.2 Å².